The Morgan fingerprint density at radius 1 is 1.35 bits per heavy atom. The van der Waals surface area contributed by atoms with Gasteiger partial charge in [-0.05, 0) is 25.0 Å². The molecule has 0 saturated carbocycles. The number of rotatable bonds is 4. The summed E-state index contributed by atoms with van der Waals surface area (Å²) in [6.07, 6.45) is -1.76. The van der Waals surface area contributed by atoms with Gasteiger partial charge in [-0.15, -0.1) is 0 Å². The van der Waals surface area contributed by atoms with Gasteiger partial charge >= 0.3 is 6.18 Å². The van der Waals surface area contributed by atoms with Crippen molar-refractivity contribution < 1.29 is 23.0 Å². The van der Waals surface area contributed by atoms with Crippen molar-refractivity contribution in [2.45, 2.75) is 25.1 Å². The summed E-state index contributed by atoms with van der Waals surface area (Å²) in [7, 11) is 0. The van der Waals surface area contributed by atoms with Crippen LogP contribution in [0.1, 0.15) is 18.4 Å². The normalized spacial score (nSPS) is 17.5. The standard InChI is InChI=1S/C13H17F3N2O2/c14-13(15,16)11-2-1-5-17-12(11)18-6-3-10(4-7-18)20-9-8-19/h1-2,5,10,19H,3-4,6-9H2. The SMILES string of the molecule is OCCOC1CCN(c2ncccc2C(F)(F)F)CC1. The van der Waals surface area contributed by atoms with Crippen LogP contribution in [0.5, 0.6) is 0 Å². The summed E-state index contributed by atoms with van der Waals surface area (Å²) >= 11 is 0. The van der Waals surface area contributed by atoms with E-state index in [0.29, 0.717) is 25.9 Å². The fraction of sp³-hybridized carbons (Fsp3) is 0.615. The maximum Gasteiger partial charge on any atom is 0.419 e. The number of anilines is 1. The minimum atomic E-state index is -4.40. The lowest BCUT2D eigenvalue weighted by molar-refractivity contribution is -0.137. The third kappa shape index (κ3) is 3.61. The molecule has 4 nitrogen and oxygen atoms in total. The van der Waals surface area contributed by atoms with Crippen LogP contribution in [0.3, 0.4) is 0 Å². The van der Waals surface area contributed by atoms with Gasteiger partial charge in [0, 0.05) is 19.3 Å². The predicted octanol–water partition coefficient (Wildman–Crippen LogP) is 2.08. The third-order valence-corrected chi connectivity index (χ3v) is 3.28. The van der Waals surface area contributed by atoms with E-state index < -0.39 is 11.7 Å². The second-order valence-electron chi connectivity index (χ2n) is 4.65. The van der Waals surface area contributed by atoms with Gasteiger partial charge in [0.1, 0.15) is 5.82 Å². The van der Waals surface area contributed by atoms with Crippen molar-refractivity contribution in [3.63, 3.8) is 0 Å². The molecule has 0 aliphatic carbocycles. The van der Waals surface area contributed by atoms with Crippen LogP contribution in [0.25, 0.3) is 0 Å². The van der Waals surface area contributed by atoms with E-state index in [0.717, 1.165) is 6.07 Å². The highest BCUT2D eigenvalue weighted by atomic mass is 19.4. The van der Waals surface area contributed by atoms with Crippen molar-refractivity contribution in [3.8, 4) is 0 Å². The molecule has 0 radical (unpaired) electrons. The first-order chi connectivity index (χ1) is 9.52. The zero-order valence-corrected chi connectivity index (χ0v) is 10.9. The number of hydrogen-bond donors (Lipinski definition) is 1. The van der Waals surface area contributed by atoms with Gasteiger partial charge in [0.05, 0.1) is 24.9 Å². The summed E-state index contributed by atoms with van der Waals surface area (Å²) in [5, 5.41) is 8.68. The highest BCUT2D eigenvalue weighted by Crippen LogP contribution is 2.36. The highest BCUT2D eigenvalue weighted by molar-refractivity contribution is 5.48. The van der Waals surface area contributed by atoms with Crippen molar-refractivity contribution in [2.24, 2.45) is 0 Å². The summed E-state index contributed by atoms with van der Waals surface area (Å²) < 4.78 is 44.2. The number of aromatic nitrogens is 1. The lowest BCUT2D eigenvalue weighted by Crippen LogP contribution is -2.38. The molecule has 1 fully saturated rings. The van der Waals surface area contributed by atoms with Crippen LogP contribution >= 0.6 is 0 Å². The Balaban J connectivity index is 2.04. The zero-order chi connectivity index (χ0) is 14.6. The van der Waals surface area contributed by atoms with Gasteiger partial charge in [-0.25, -0.2) is 4.98 Å². The summed E-state index contributed by atoms with van der Waals surface area (Å²) in [5.41, 5.74) is -0.699. The molecule has 1 aliphatic rings. The number of aliphatic hydroxyl groups is 1. The van der Waals surface area contributed by atoms with E-state index in [1.807, 2.05) is 0 Å². The molecule has 1 aromatic heterocycles. The first-order valence-electron chi connectivity index (χ1n) is 6.52. The summed E-state index contributed by atoms with van der Waals surface area (Å²) in [5.74, 6) is -0.0133. The van der Waals surface area contributed by atoms with Gasteiger partial charge in [-0.2, -0.15) is 13.2 Å². The maximum absolute atomic E-state index is 12.9. The molecule has 0 bridgehead atoms. The van der Waals surface area contributed by atoms with Crippen LogP contribution in [0.2, 0.25) is 0 Å². The summed E-state index contributed by atoms with van der Waals surface area (Å²) in [6.45, 7) is 1.16. The number of aliphatic hydroxyl groups excluding tert-OH is 1. The lowest BCUT2D eigenvalue weighted by atomic mass is 10.1. The van der Waals surface area contributed by atoms with Crippen LogP contribution in [-0.4, -0.2) is 42.5 Å². The Morgan fingerprint density at radius 3 is 2.65 bits per heavy atom. The van der Waals surface area contributed by atoms with Crippen molar-refractivity contribution in [2.75, 3.05) is 31.2 Å². The molecule has 112 valence electrons. The van der Waals surface area contributed by atoms with E-state index in [1.165, 1.54) is 12.3 Å². The van der Waals surface area contributed by atoms with Gasteiger partial charge in [-0.3, -0.25) is 0 Å². The van der Waals surface area contributed by atoms with Crippen molar-refractivity contribution in [1.29, 1.82) is 0 Å². The van der Waals surface area contributed by atoms with Gasteiger partial charge in [0.15, 0.2) is 0 Å². The minimum Gasteiger partial charge on any atom is -0.394 e. The predicted molar refractivity (Wildman–Crippen MR) is 67.5 cm³/mol. The maximum atomic E-state index is 12.9. The molecule has 20 heavy (non-hydrogen) atoms. The van der Waals surface area contributed by atoms with E-state index in [-0.39, 0.29) is 25.1 Å². The van der Waals surface area contributed by atoms with Crippen molar-refractivity contribution >= 4 is 5.82 Å². The molecular formula is C13H17F3N2O2. The second kappa shape index (κ2) is 6.41. The van der Waals surface area contributed by atoms with Crippen LogP contribution in [-0.2, 0) is 10.9 Å². The van der Waals surface area contributed by atoms with E-state index in [9.17, 15) is 13.2 Å². The Bertz CT molecular complexity index is 432. The first-order valence-corrected chi connectivity index (χ1v) is 6.52. The summed E-state index contributed by atoms with van der Waals surface area (Å²) in [4.78, 5) is 5.52. The largest absolute Gasteiger partial charge is 0.419 e. The number of hydrogen-bond acceptors (Lipinski definition) is 4. The van der Waals surface area contributed by atoms with Gasteiger partial charge in [0.25, 0.3) is 0 Å². The van der Waals surface area contributed by atoms with E-state index in [1.54, 1.807) is 4.90 Å². The molecule has 1 aromatic rings. The minimum absolute atomic E-state index is 0.00329. The Labute approximate surface area is 115 Å². The van der Waals surface area contributed by atoms with Crippen LogP contribution in [0.4, 0.5) is 19.0 Å². The molecule has 0 atom stereocenters. The van der Waals surface area contributed by atoms with Gasteiger partial charge in [-0.1, -0.05) is 0 Å². The molecule has 1 aliphatic heterocycles. The summed E-state index contributed by atoms with van der Waals surface area (Å²) in [6, 6.07) is 2.35. The number of alkyl halides is 3. The molecule has 2 rings (SSSR count). The van der Waals surface area contributed by atoms with Crippen LogP contribution in [0, 0.1) is 0 Å². The van der Waals surface area contributed by atoms with Crippen molar-refractivity contribution in [1.82, 2.24) is 4.98 Å². The van der Waals surface area contributed by atoms with E-state index in [4.69, 9.17) is 9.84 Å². The molecule has 0 aromatic carbocycles. The molecule has 2 heterocycles. The van der Waals surface area contributed by atoms with E-state index >= 15 is 0 Å². The first kappa shape index (κ1) is 15.1. The fourth-order valence-corrected chi connectivity index (χ4v) is 2.32. The topological polar surface area (TPSA) is 45.6 Å². The van der Waals surface area contributed by atoms with Crippen molar-refractivity contribution in [3.05, 3.63) is 23.9 Å². The molecule has 7 heteroatoms. The number of piperidine rings is 1. The average Bonchev–Trinajstić information content (AvgIpc) is 2.45. The number of pyridine rings is 1. The molecule has 1 N–H and O–H groups in total. The monoisotopic (exact) mass is 290 g/mol. The molecule has 0 amide bonds. The smallest absolute Gasteiger partial charge is 0.394 e. The number of nitrogens with zero attached hydrogens (tertiary/aromatic N) is 2. The lowest BCUT2D eigenvalue weighted by Gasteiger charge is -2.33. The quantitative estimate of drug-likeness (QED) is 0.922. The Kier molecular flexibility index (Phi) is 4.82. The molecule has 0 spiro atoms. The van der Waals surface area contributed by atoms with Crippen LogP contribution in [0.15, 0.2) is 18.3 Å². The highest BCUT2D eigenvalue weighted by Gasteiger charge is 2.36. The fourth-order valence-electron chi connectivity index (χ4n) is 2.32. The zero-order valence-electron chi connectivity index (χ0n) is 10.9. The van der Waals surface area contributed by atoms with Gasteiger partial charge < -0.3 is 14.7 Å². The molecular weight excluding hydrogens is 273 g/mol. The Hall–Kier alpha value is -1.34. The molecule has 0 unspecified atom stereocenters. The third-order valence-electron chi connectivity index (χ3n) is 3.28. The number of ether oxygens (including phenoxy) is 1. The van der Waals surface area contributed by atoms with Crippen LogP contribution < -0.4 is 4.90 Å². The number of halogens is 3. The molecule has 1 saturated heterocycles. The Morgan fingerprint density at radius 2 is 2.05 bits per heavy atom. The average molecular weight is 290 g/mol. The van der Waals surface area contributed by atoms with Gasteiger partial charge in [0.2, 0.25) is 0 Å². The van der Waals surface area contributed by atoms with E-state index in [2.05, 4.69) is 4.98 Å². The second-order valence-corrected chi connectivity index (χ2v) is 4.65.